The van der Waals surface area contributed by atoms with E-state index in [1.54, 1.807) is 19.3 Å². The minimum Gasteiger partial charge on any atom is -0.354 e. The Bertz CT molecular complexity index is 688. The van der Waals surface area contributed by atoms with E-state index in [2.05, 4.69) is 15.4 Å². The second-order valence-electron chi connectivity index (χ2n) is 5.55. The lowest BCUT2D eigenvalue weighted by molar-refractivity contribution is -0.121. The maximum absolute atomic E-state index is 12.1. The summed E-state index contributed by atoms with van der Waals surface area (Å²) in [5.41, 5.74) is 0.420. The second kappa shape index (κ2) is 7.02. The van der Waals surface area contributed by atoms with Gasteiger partial charge in [-0.25, -0.2) is 9.48 Å². The molecule has 0 aromatic carbocycles. The molecule has 0 unspecified atom stereocenters. The fraction of sp³-hybridized carbons (Fsp3) is 0.467. The third-order valence-corrected chi connectivity index (χ3v) is 3.17. The smallest absolute Gasteiger partial charge is 0.346 e. The van der Waals surface area contributed by atoms with Crippen LogP contribution >= 0.6 is 0 Å². The van der Waals surface area contributed by atoms with Gasteiger partial charge in [-0.15, -0.1) is 5.10 Å². The number of hydrogen-bond acceptors (Lipinski definition) is 4. The van der Waals surface area contributed by atoms with Gasteiger partial charge in [0.2, 0.25) is 5.91 Å². The summed E-state index contributed by atoms with van der Waals surface area (Å²) in [5.74, 6) is 0.816. The van der Waals surface area contributed by atoms with Crippen LogP contribution in [0, 0.1) is 5.92 Å². The number of nitrogens with one attached hydrogen (secondary N) is 1. The largest absolute Gasteiger partial charge is 0.354 e. The Balaban J connectivity index is 2.04. The number of carbonyl (C=O) groups excluding carboxylic acids is 1. The quantitative estimate of drug-likeness (QED) is 0.856. The summed E-state index contributed by atoms with van der Waals surface area (Å²) in [5, 5.41) is 7.09. The number of pyridine rings is 1. The number of hydrogen-bond donors (Lipinski definition) is 1. The van der Waals surface area contributed by atoms with Crippen molar-refractivity contribution in [2.75, 3.05) is 6.54 Å². The van der Waals surface area contributed by atoms with Crippen molar-refractivity contribution in [1.82, 2.24) is 24.6 Å². The summed E-state index contributed by atoms with van der Waals surface area (Å²) < 4.78 is 2.80. The summed E-state index contributed by atoms with van der Waals surface area (Å²) >= 11 is 0. The molecule has 2 rings (SSSR count). The number of aromatic nitrogens is 4. The van der Waals surface area contributed by atoms with E-state index in [-0.39, 0.29) is 11.6 Å². The number of nitrogens with zero attached hydrogens (tertiary/aromatic N) is 4. The van der Waals surface area contributed by atoms with Crippen molar-refractivity contribution in [3.63, 3.8) is 0 Å². The SMILES string of the molecule is CC(C)CC(=O)NCCn1nc(-c2ccccn2)n(C)c1=O. The summed E-state index contributed by atoms with van der Waals surface area (Å²) in [7, 11) is 1.66. The molecule has 1 amide bonds. The minimum atomic E-state index is -0.223. The highest BCUT2D eigenvalue weighted by molar-refractivity contribution is 5.75. The molecule has 2 aromatic rings. The molecule has 0 spiro atoms. The predicted molar refractivity (Wildman–Crippen MR) is 83.2 cm³/mol. The lowest BCUT2D eigenvalue weighted by atomic mass is 10.1. The summed E-state index contributed by atoms with van der Waals surface area (Å²) in [6, 6.07) is 5.46. The lowest BCUT2D eigenvalue weighted by Crippen LogP contribution is -2.32. The molecule has 22 heavy (non-hydrogen) atoms. The van der Waals surface area contributed by atoms with Crippen LogP contribution < -0.4 is 11.0 Å². The van der Waals surface area contributed by atoms with Gasteiger partial charge in [-0.1, -0.05) is 19.9 Å². The zero-order valence-corrected chi connectivity index (χ0v) is 13.1. The van der Waals surface area contributed by atoms with E-state index in [9.17, 15) is 9.59 Å². The zero-order chi connectivity index (χ0) is 16.1. The molecule has 7 nitrogen and oxygen atoms in total. The topological polar surface area (TPSA) is 81.8 Å². The minimum absolute atomic E-state index is 0.0103. The first-order valence-electron chi connectivity index (χ1n) is 7.31. The van der Waals surface area contributed by atoms with Crippen molar-refractivity contribution in [2.24, 2.45) is 13.0 Å². The normalized spacial score (nSPS) is 10.9. The molecule has 1 N–H and O–H groups in total. The Morgan fingerprint density at radius 1 is 1.36 bits per heavy atom. The molecule has 0 bridgehead atoms. The number of carbonyl (C=O) groups is 1. The van der Waals surface area contributed by atoms with Crippen LogP contribution in [-0.2, 0) is 18.4 Å². The molecule has 0 saturated carbocycles. The third-order valence-electron chi connectivity index (χ3n) is 3.17. The Morgan fingerprint density at radius 3 is 2.77 bits per heavy atom. The van der Waals surface area contributed by atoms with E-state index < -0.39 is 0 Å². The lowest BCUT2D eigenvalue weighted by Gasteiger charge is -2.06. The van der Waals surface area contributed by atoms with Gasteiger partial charge in [0.1, 0.15) is 5.69 Å². The molecule has 0 radical (unpaired) electrons. The molecule has 0 saturated heterocycles. The molecule has 0 atom stereocenters. The summed E-state index contributed by atoms with van der Waals surface area (Å²) in [6.45, 7) is 4.69. The maximum Gasteiger partial charge on any atom is 0.346 e. The van der Waals surface area contributed by atoms with Crippen molar-refractivity contribution in [3.05, 3.63) is 34.9 Å². The highest BCUT2D eigenvalue weighted by Crippen LogP contribution is 2.10. The highest BCUT2D eigenvalue weighted by Gasteiger charge is 2.13. The van der Waals surface area contributed by atoms with Gasteiger partial charge in [0.15, 0.2) is 5.82 Å². The van der Waals surface area contributed by atoms with Crippen LogP contribution in [0.3, 0.4) is 0 Å². The Morgan fingerprint density at radius 2 is 2.14 bits per heavy atom. The van der Waals surface area contributed by atoms with E-state index in [0.29, 0.717) is 36.9 Å². The molecule has 2 heterocycles. The molecular weight excluding hydrogens is 282 g/mol. The van der Waals surface area contributed by atoms with Crippen LogP contribution in [0.15, 0.2) is 29.2 Å². The van der Waals surface area contributed by atoms with Crippen molar-refractivity contribution < 1.29 is 4.79 Å². The van der Waals surface area contributed by atoms with Gasteiger partial charge >= 0.3 is 5.69 Å². The van der Waals surface area contributed by atoms with Crippen molar-refractivity contribution in [3.8, 4) is 11.5 Å². The van der Waals surface area contributed by atoms with Gasteiger partial charge in [0.05, 0.1) is 6.54 Å². The van der Waals surface area contributed by atoms with Crippen molar-refractivity contribution >= 4 is 5.91 Å². The molecule has 7 heteroatoms. The molecule has 0 aliphatic rings. The molecule has 0 aliphatic carbocycles. The van der Waals surface area contributed by atoms with Crippen LogP contribution in [0.4, 0.5) is 0 Å². The van der Waals surface area contributed by atoms with Crippen LogP contribution in [0.1, 0.15) is 20.3 Å². The van der Waals surface area contributed by atoms with Crippen LogP contribution in [-0.4, -0.2) is 31.8 Å². The fourth-order valence-corrected chi connectivity index (χ4v) is 2.10. The summed E-state index contributed by atoms with van der Waals surface area (Å²) in [6.07, 6.45) is 2.14. The van der Waals surface area contributed by atoms with E-state index in [1.807, 2.05) is 26.0 Å². The zero-order valence-electron chi connectivity index (χ0n) is 13.1. The number of amides is 1. The first-order valence-corrected chi connectivity index (χ1v) is 7.31. The van der Waals surface area contributed by atoms with E-state index in [1.165, 1.54) is 9.25 Å². The maximum atomic E-state index is 12.1. The van der Waals surface area contributed by atoms with E-state index in [0.717, 1.165) is 0 Å². The van der Waals surface area contributed by atoms with Gasteiger partial charge in [-0.05, 0) is 18.1 Å². The summed E-state index contributed by atoms with van der Waals surface area (Å²) in [4.78, 5) is 27.9. The first kappa shape index (κ1) is 15.9. The standard InChI is InChI=1S/C15H21N5O2/c1-11(2)10-13(21)17-8-9-20-15(22)19(3)14(18-20)12-6-4-5-7-16-12/h4-7,11H,8-10H2,1-3H3,(H,17,21). The Kier molecular flexibility index (Phi) is 5.08. The Hall–Kier alpha value is -2.44. The van der Waals surface area contributed by atoms with Crippen molar-refractivity contribution in [2.45, 2.75) is 26.8 Å². The van der Waals surface area contributed by atoms with Gasteiger partial charge in [-0.2, -0.15) is 0 Å². The molecule has 0 aliphatic heterocycles. The monoisotopic (exact) mass is 303 g/mol. The average molecular weight is 303 g/mol. The number of rotatable bonds is 6. The van der Waals surface area contributed by atoms with Gasteiger partial charge in [-0.3, -0.25) is 14.3 Å². The molecule has 0 fully saturated rings. The predicted octanol–water partition coefficient (Wildman–Crippen LogP) is 0.806. The van der Waals surface area contributed by atoms with Gasteiger partial charge in [0, 0.05) is 26.2 Å². The average Bonchev–Trinajstić information content (AvgIpc) is 2.76. The molecule has 2 aromatic heterocycles. The van der Waals surface area contributed by atoms with E-state index >= 15 is 0 Å². The van der Waals surface area contributed by atoms with Gasteiger partial charge < -0.3 is 5.32 Å². The van der Waals surface area contributed by atoms with Crippen LogP contribution in [0.2, 0.25) is 0 Å². The van der Waals surface area contributed by atoms with Gasteiger partial charge in [0.25, 0.3) is 0 Å². The van der Waals surface area contributed by atoms with Crippen LogP contribution in [0.5, 0.6) is 0 Å². The Labute approximate surface area is 129 Å². The second-order valence-corrected chi connectivity index (χ2v) is 5.55. The molecule has 118 valence electrons. The third kappa shape index (κ3) is 3.81. The van der Waals surface area contributed by atoms with Crippen LogP contribution in [0.25, 0.3) is 11.5 Å². The highest BCUT2D eigenvalue weighted by atomic mass is 16.2. The van der Waals surface area contributed by atoms with E-state index in [4.69, 9.17) is 0 Å². The molecular formula is C15H21N5O2. The fourth-order valence-electron chi connectivity index (χ4n) is 2.10. The first-order chi connectivity index (χ1) is 10.5. The van der Waals surface area contributed by atoms with Crippen molar-refractivity contribution in [1.29, 1.82) is 0 Å².